The Morgan fingerprint density at radius 3 is 2.62 bits per heavy atom. The summed E-state index contributed by atoms with van der Waals surface area (Å²) in [4.78, 5) is 4.38. The SMILES string of the molecule is CCNc1cccc(NC(C)C)n1. The Morgan fingerprint density at radius 2 is 2.00 bits per heavy atom. The van der Waals surface area contributed by atoms with E-state index in [9.17, 15) is 0 Å². The third kappa shape index (κ3) is 3.32. The summed E-state index contributed by atoms with van der Waals surface area (Å²) in [6.07, 6.45) is 0. The van der Waals surface area contributed by atoms with E-state index in [1.165, 1.54) is 0 Å². The van der Waals surface area contributed by atoms with Crippen molar-refractivity contribution >= 4 is 11.6 Å². The average molecular weight is 179 g/mol. The van der Waals surface area contributed by atoms with Gasteiger partial charge in [0.25, 0.3) is 0 Å². The van der Waals surface area contributed by atoms with Gasteiger partial charge in [0, 0.05) is 12.6 Å². The van der Waals surface area contributed by atoms with E-state index in [2.05, 4.69) is 36.4 Å². The van der Waals surface area contributed by atoms with Gasteiger partial charge in [-0.25, -0.2) is 4.98 Å². The first-order valence-corrected chi connectivity index (χ1v) is 4.70. The molecule has 1 heterocycles. The average Bonchev–Trinajstić information content (AvgIpc) is 2.04. The van der Waals surface area contributed by atoms with Crippen molar-refractivity contribution < 1.29 is 0 Å². The van der Waals surface area contributed by atoms with E-state index < -0.39 is 0 Å². The van der Waals surface area contributed by atoms with Crippen molar-refractivity contribution in [1.29, 1.82) is 0 Å². The minimum atomic E-state index is 0.421. The third-order valence-corrected chi connectivity index (χ3v) is 1.54. The van der Waals surface area contributed by atoms with Crippen LogP contribution in [0.15, 0.2) is 18.2 Å². The number of hydrogen-bond acceptors (Lipinski definition) is 3. The summed E-state index contributed by atoms with van der Waals surface area (Å²) in [5.74, 6) is 1.85. The molecule has 0 amide bonds. The Morgan fingerprint density at radius 1 is 1.31 bits per heavy atom. The van der Waals surface area contributed by atoms with Crippen LogP contribution in [0.4, 0.5) is 11.6 Å². The Kier molecular flexibility index (Phi) is 3.55. The number of pyridine rings is 1. The Bertz CT molecular complexity index is 258. The maximum Gasteiger partial charge on any atom is 0.128 e. The zero-order valence-corrected chi connectivity index (χ0v) is 8.46. The molecule has 0 saturated carbocycles. The summed E-state index contributed by atoms with van der Waals surface area (Å²) in [7, 11) is 0. The zero-order valence-electron chi connectivity index (χ0n) is 8.46. The van der Waals surface area contributed by atoms with Gasteiger partial charge in [0.1, 0.15) is 11.6 Å². The molecule has 0 unspecified atom stereocenters. The normalized spacial score (nSPS) is 10.2. The summed E-state index contributed by atoms with van der Waals surface area (Å²) in [5, 5.41) is 6.42. The predicted molar refractivity (Wildman–Crippen MR) is 57.2 cm³/mol. The molecule has 0 fully saturated rings. The molecule has 0 bridgehead atoms. The van der Waals surface area contributed by atoms with Crippen LogP contribution in [-0.2, 0) is 0 Å². The van der Waals surface area contributed by atoms with E-state index >= 15 is 0 Å². The first kappa shape index (κ1) is 9.84. The Labute approximate surface area is 79.6 Å². The number of rotatable bonds is 4. The van der Waals surface area contributed by atoms with Gasteiger partial charge >= 0.3 is 0 Å². The van der Waals surface area contributed by atoms with Crippen LogP contribution in [0.1, 0.15) is 20.8 Å². The minimum Gasteiger partial charge on any atom is -0.370 e. The molecule has 0 atom stereocenters. The topological polar surface area (TPSA) is 37.0 Å². The van der Waals surface area contributed by atoms with Crippen molar-refractivity contribution in [2.75, 3.05) is 17.2 Å². The number of hydrogen-bond donors (Lipinski definition) is 2. The molecule has 3 nitrogen and oxygen atoms in total. The summed E-state index contributed by atoms with van der Waals surface area (Å²) >= 11 is 0. The molecule has 13 heavy (non-hydrogen) atoms. The summed E-state index contributed by atoms with van der Waals surface area (Å²) < 4.78 is 0. The van der Waals surface area contributed by atoms with Gasteiger partial charge in [-0.15, -0.1) is 0 Å². The molecule has 0 aliphatic carbocycles. The highest BCUT2D eigenvalue weighted by molar-refractivity contribution is 5.45. The summed E-state index contributed by atoms with van der Waals surface area (Å²) in [6, 6.07) is 6.36. The van der Waals surface area contributed by atoms with Gasteiger partial charge in [-0.3, -0.25) is 0 Å². The molecule has 1 aromatic rings. The molecular weight excluding hydrogens is 162 g/mol. The smallest absolute Gasteiger partial charge is 0.128 e. The lowest BCUT2D eigenvalue weighted by Crippen LogP contribution is -2.11. The second-order valence-electron chi connectivity index (χ2n) is 3.24. The molecule has 3 heteroatoms. The molecule has 0 aliphatic rings. The molecule has 0 saturated heterocycles. The molecule has 1 aromatic heterocycles. The van der Waals surface area contributed by atoms with Gasteiger partial charge in [0.05, 0.1) is 0 Å². The minimum absolute atomic E-state index is 0.421. The van der Waals surface area contributed by atoms with Crippen molar-refractivity contribution in [3.63, 3.8) is 0 Å². The monoisotopic (exact) mass is 179 g/mol. The number of nitrogens with one attached hydrogen (secondary N) is 2. The van der Waals surface area contributed by atoms with Crippen LogP contribution in [0, 0.1) is 0 Å². The van der Waals surface area contributed by atoms with Crippen LogP contribution in [0.25, 0.3) is 0 Å². The van der Waals surface area contributed by atoms with Crippen LogP contribution < -0.4 is 10.6 Å². The maximum absolute atomic E-state index is 4.38. The molecule has 0 aliphatic heterocycles. The maximum atomic E-state index is 4.38. The standard InChI is InChI=1S/C10H17N3/c1-4-11-9-6-5-7-10(13-9)12-8(2)3/h5-8H,4H2,1-3H3,(H2,11,12,13). The molecule has 0 aromatic carbocycles. The van der Waals surface area contributed by atoms with Gasteiger partial charge in [-0.1, -0.05) is 6.07 Å². The summed E-state index contributed by atoms with van der Waals surface area (Å²) in [6.45, 7) is 7.16. The molecule has 72 valence electrons. The van der Waals surface area contributed by atoms with Crippen LogP contribution in [0.3, 0.4) is 0 Å². The molecule has 2 N–H and O–H groups in total. The first-order valence-electron chi connectivity index (χ1n) is 4.70. The molecule has 1 rings (SSSR count). The Hall–Kier alpha value is -1.25. The van der Waals surface area contributed by atoms with E-state index in [-0.39, 0.29) is 0 Å². The van der Waals surface area contributed by atoms with Gasteiger partial charge in [0.2, 0.25) is 0 Å². The quantitative estimate of drug-likeness (QED) is 0.745. The van der Waals surface area contributed by atoms with Gasteiger partial charge in [0.15, 0.2) is 0 Å². The Balaban J connectivity index is 2.67. The molecule has 0 spiro atoms. The highest BCUT2D eigenvalue weighted by Crippen LogP contribution is 2.09. The number of nitrogens with zero attached hydrogens (tertiary/aromatic N) is 1. The largest absolute Gasteiger partial charge is 0.370 e. The third-order valence-electron chi connectivity index (χ3n) is 1.54. The van der Waals surface area contributed by atoms with Crippen molar-refractivity contribution in [1.82, 2.24) is 4.98 Å². The zero-order chi connectivity index (χ0) is 9.68. The lowest BCUT2D eigenvalue weighted by molar-refractivity contribution is 0.889. The van der Waals surface area contributed by atoms with Crippen LogP contribution in [0.5, 0.6) is 0 Å². The molecular formula is C10H17N3. The highest BCUT2D eigenvalue weighted by Gasteiger charge is 1.97. The van der Waals surface area contributed by atoms with Crippen LogP contribution in [-0.4, -0.2) is 17.6 Å². The van der Waals surface area contributed by atoms with Crippen molar-refractivity contribution in [2.24, 2.45) is 0 Å². The number of aromatic nitrogens is 1. The lowest BCUT2D eigenvalue weighted by Gasteiger charge is -2.10. The van der Waals surface area contributed by atoms with Crippen molar-refractivity contribution in [3.05, 3.63) is 18.2 Å². The summed E-state index contributed by atoms with van der Waals surface area (Å²) in [5.41, 5.74) is 0. The second-order valence-corrected chi connectivity index (χ2v) is 3.24. The van der Waals surface area contributed by atoms with E-state index in [1.807, 2.05) is 18.2 Å². The first-order chi connectivity index (χ1) is 6.22. The van der Waals surface area contributed by atoms with Gasteiger partial charge in [-0.2, -0.15) is 0 Å². The van der Waals surface area contributed by atoms with E-state index in [0.717, 1.165) is 18.2 Å². The molecule has 0 radical (unpaired) electrons. The predicted octanol–water partition coefficient (Wildman–Crippen LogP) is 2.33. The van der Waals surface area contributed by atoms with E-state index in [0.29, 0.717) is 6.04 Å². The second kappa shape index (κ2) is 4.70. The lowest BCUT2D eigenvalue weighted by atomic mass is 10.3. The van der Waals surface area contributed by atoms with Crippen molar-refractivity contribution in [2.45, 2.75) is 26.8 Å². The fraction of sp³-hybridized carbons (Fsp3) is 0.500. The highest BCUT2D eigenvalue weighted by atomic mass is 15.1. The van der Waals surface area contributed by atoms with Crippen molar-refractivity contribution in [3.8, 4) is 0 Å². The fourth-order valence-corrected chi connectivity index (χ4v) is 1.09. The van der Waals surface area contributed by atoms with Crippen LogP contribution >= 0.6 is 0 Å². The number of anilines is 2. The van der Waals surface area contributed by atoms with E-state index in [4.69, 9.17) is 0 Å². The fourth-order valence-electron chi connectivity index (χ4n) is 1.09. The van der Waals surface area contributed by atoms with Gasteiger partial charge in [-0.05, 0) is 32.9 Å². The van der Waals surface area contributed by atoms with E-state index in [1.54, 1.807) is 0 Å². The van der Waals surface area contributed by atoms with Crippen LogP contribution in [0.2, 0.25) is 0 Å². The van der Waals surface area contributed by atoms with Gasteiger partial charge < -0.3 is 10.6 Å².